The molecule has 0 saturated carbocycles. The lowest BCUT2D eigenvalue weighted by Gasteiger charge is -2.07. The van der Waals surface area contributed by atoms with Gasteiger partial charge in [0.25, 0.3) is 0 Å². The molecule has 33 heavy (non-hydrogen) atoms. The van der Waals surface area contributed by atoms with Gasteiger partial charge in [-0.3, -0.25) is 9.59 Å². The number of aryl methyl sites for hydroxylation is 1. The minimum atomic E-state index is -1.06. The normalized spacial score (nSPS) is 11.0. The molecule has 0 saturated heterocycles. The van der Waals surface area contributed by atoms with Crippen LogP contribution in [0.3, 0.4) is 0 Å². The van der Waals surface area contributed by atoms with E-state index in [0.29, 0.717) is 27.1 Å². The van der Waals surface area contributed by atoms with E-state index in [4.69, 9.17) is 4.74 Å². The lowest BCUT2D eigenvalue weighted by molar-refractivity contribution is -0.136. The van der Waals surface area contributed by atoms with Crippen LogP contribution < -0.4 is 15.5 Å². The maximum Gasteiger partial charge on any atom is 0.343 e. The molecule has 3 aromatic rings. The highest BCUT2D eigenvalue weighted by atomic mass is 79.9. The Kier molecular flexibility index (Phi) is 7.68. The number of hydrogen-bond acceptors (Lipinski definition) is 5. The number of anilines is 1. The van der Waals surface area contributed by atoms with Gasteiger partial charge in [-0.2, -0.15) is 5.10 Å². The Labute approximate surface area is 197 Å². The summed E-state index contributed by atoms with van der Waals surface area (Å²) < 4.78 is 19.6. The molecule has 3 rings (SSSR count). The molecule has 168 valence electrons. The summed E-state index contributed by atoms with van der Waals surface area (Å²) in [7, 11) is 0. The van der Waals surface area contributed by atoms with Gasteiger partial charge in [0.15, 0.2) is 0 Å². The molecule has 0 spiro atoms. The molecule has 0 bridgehead atoms. The molecule has 9 heteroatoms. The summed E-state index contributed by atoms with van der Waals surface area (Å²) in [6.07, 6.45) is 0. The summed E-state index contributed by atoms with van der Waals surface area (Å²) in [6.45, 7) is 3.55. The van der Waals surface area contributed by atoms with Gasteiger partial charge in [-0.15, -0.1) is 0 Å². The number of rotatable bonds is 5. The van der Waals surface area contributed by atoms with Crippen molar-refractivity contribution in [2.24, 2.45) is 5.10 Å². The second-order valence-electron chi connectivity index (χ2n) is 7.00. The molecular weight excluding hydrogens is 493 g/mol. The summed E-state index contributed by atoms with van der Waals surface area (Å²) in [6, 6.07) is 17.5. The van der Waals surface area contributed by atoms with Crippen molar-refractivity contribution in [2.45, 2.75) is 13.8 Å². The summed E-state index contributed by atoms with van der Waals surface area (Å²) in [5.41, 5.74) is 4.50. The minimum absolute atomic E-state index is 0.130. The second-order valence-corrected chi connectivity index (χ2v) is 7.91. The van der Waals surface area contributed by atoms with Crippen LogP contribution in [0, 0.1) is 12.7 Å². The van der Waals surface area contributed by atoms with Crippen LogP contribution >= 0.6 is 15.9 Å². The fourth-order valence-electron chi connectivity index (χ4n) is 2.64. The predicted molar refractivity (Wildman–Crippen MR) is 126 cm³/mol. The number of ether oxygens (including phenoxy) is 1. The Morgan fingerprint density at radius 2 is 1.55 bits per heavy atom. The molecule has 0 aliphatic rings. The van der Waals surface area contributed by atoms with Gasteiger partial charge in [-0.25, -0.2) is 14.6 Å². The lowest BCUT2D eigenvalue weighted by atomic mass is 10.1. The van der Waals surface area contributed by atoms with Crippen molar-refractivity contribution < 1.29 is 23.5 Å². The predicted octanol–water partition coefficient (Wildman–Crippen LogP) is 4.59. The standard InChI is InChI=1S/C24H19BrFN3O4/c1-14-3-5-17(6-4-14)24(32)33-19-10-7-16(8-11-19)15(2)28-29-23(31)22(30)27-21-12-9-18(25)13-20(21)26/h3-13H,1-2H3,(H,27,30)(H,29,31)/b28-15+. The summed E-state index contributed by atoms with van der Waals surface area (Å²) in [4.78, 5) is 36.1. The van der Waals surface area contributed by atoms with Gasteiger partial charge in [0.05, 0.1) is 17.0 Å². The fourth-order valence-corrected chi connectivity index (χ4v) is 2.97. The van der Waals surface area contributed by atoms with Gasteiger partial charge in [0.1, 0.15) is 11.6 Å². The van der Waals surface area contributed by atoms with Gasteiger partial charge < -0.3 is 10.1 Å². The van der Waals surface area contributed by atoms with Crippen LogP contribution in [0.15, 0.2) is 76.3 Å². The number of nitrogens with zero attached hydrogens (tertiary/aromatic N) is 1. The summed E-state index contributed by atoms with van der Waals surface area (Å²) in [5, 5.41) is 6.07. The summed E-state index contributed by atoms with van der Waals surface area (Å²) in [5.74, 6) is -2.94. The third-order valence-corrected chi connectivity index (χ3v) is 4.97. The number of amides is 2. The molecule has 0 aliphatic carbocycles. The number of carbonyl (C=O) groups is 3. The highest BCUT2D eigenvalue weighted by molar-refractivity contribution is 9.10. The second kappa shape index (κ2) is 10.6. The molecule has 2 amide bonds. The first-order valence-electron chi connectivity index (χ1n) is 9.73. The van der Waals surface area contributed by atoms with Crippen molar-refractivity contribution in [3.05, 3.63) is 93.7 Å². The zero-order valence-corrected chi connectivity index (χ0v) is 19.3. The number of hydrazone groups is 1. The molecule has 3 aromatic carbocycles. The highest BCUT2D eigenvalue weighted by Crippen LogP contribution is 2.19. The largest absolute Gasteiger partial charge is 0.423 e. The number of carbonyl (C=O) groups excluding carboxylic acids is 3. The Bertz CT molecular complexity index is 1230. The zero-order valence-electron chi connectivity index (χ0n) is 17.7. The topological polar surface area (TPSA) is 96.9 Å². The average molecular weight is 512 g/mol. The Morgan fingerprint density at radius 1 is 0.909 bits per heavy atom. The lowest BCUT2D eigenvalue weighted by Crippen LogP contribution is -2.33. The molecule has 7 nitrogen and oxygen atoms in total. The molecule has 2 N–H and O–H groups in total. The number of hydrogen-bond donors (Lipinski definition) is 2. The Morgan fingerprint density at radius 3 is 2.18 bits per heavy atom. The van der Waals surface area contributed by atoms with Crippen LogP contribution in [-0.2, 0) is 9.59 Å². The van der Waals surface area contributed by atoms with Gasteiger partial charge in [-0.1, -0.05) is 33.6 Å². The number of nitrogens with one attached hydrogen (secondary N) is 2. The molecule has 0 aromatic heterocycles. The Balaban J connectivity index is 1.57. The molecule has 0 heterocycles. The van der Waals surface area contributed by atoms with Gasteiger partial charge in [0.2, 0.25) is 0 Å². The van der Waals surface area contributed by atoms with E-state index in [1.807, 2.05) is 19.1 Å². The van der Waals surface area contributed by atoms with Crippen molar-refractivity contribution >= 4 is 45.1 Å². The smallest absolute Gasteiger partial charge is 0.343 e. The minimum Gasteiger partial charge on any atom is -0.423 e. The fraction of sp³-hybridized carbons (Fsp3) is 0.0833. The van der Waals surface area contributed by atoms with Crippen molar-refractivity contribution in [2.75, 3.05) is 5.32 Å². The number of benzene rings is 3. The molecule has 0 aliphatic heterocycles. The summed E-state index contributed by atoms with van der Waals surface area (Å²) >= 11 is 3.11. The van der Waals surface area contributed by atoms with Crippen LogP contribution in [-0.4, -0.2) is 23.5 Å². The van der Waals surface area contributed by atoms with Gasteiger partial charge in [0, 0.05) is 4.47 Å². The van der Waals surface area contributed by atoms with Crippen LogP contribution in [0.4, 0.5) is 10.1 Å². The molecule has 0 unspecified atom stereocenters. The van der Waals surface area contributed by atoms with Crippen molar-refractivity contribution in [3.63, 3.8) is 0 Å². The van der Waals surface area contributed by atoms with Crippen LogP contribution in [0.2, 0.25) is 0 Å². The maximum atomic E-state index is 13.8. The van der Waals surface area contributed by atoms with Crippen molar-refractivity contribution in [1.29, 1.82) is 0 Å². The number of halogens is 2. The molecule has 0 atom stereocenters. The van der Waals surface area contributed by atoms with Crippen LogP contribution in [0.25, 0.3) is 0 Å². The Hall–Kier alpha value is -3.85. The van der Waals surface area contributed by atoms with Crippen LogP contribution in [0.5, 0.6) is 5.75 Å². The van der Waals surface area contributed by atoms with Crippen molar-refractivity contribution in [1.82, 2.24) is 5.43 Å². The van der Waals surface area contributed by atoms with E-state index in [1.54, 1.807) is 43.3 Å². The van der Waals surface area contributed by atoms with E-state index in [-0.39, 0.29) is 5.69 Å². The van der Waals surface area contributed by atoms with E-state index in [1.165, 1.54) is 12.1 Å². The first-order chi connectivity index (χ1) is 15.7. The van der Waals surface area contributed by atoms with E-state index < -0.39 is 23.6 Å². The number of esters is 1. The first kappa shape index (κ1) is 23.8. The van der Waals surface area contributed by atoms with E-state index in [0.717, 1.165) is 11.6 Å². The third-order valence-electron chi connectivity index (χ3n) is 4.48. The third kappa shape index (κ3) is 6.56. The quantitative estimate of drug-likeness (QED) is 0.172. The SMILES string of the molecule is C/C(=N\NC(=O)C(=O)Nc1ccc(Br)cc1F)c1ccc(OC(=O)c2ccc(C)cc2)cc1. The average Bonchev–Trinajstić information content (AvgIpc) is 2.79. The molecule has 0 radical (unpaired) electrons. The zero-order chi connectivity index (χ0) is 24.0. The van der Waals surface area contributed by atoms with Crippen molar-refractivity contribution in [3.8, 4) is 5.75 Å². The van der Waals surface area contributed by atoms with Crippen LogP contribution in [0.1, 0.15) is 28.4 Å². The van der Waals surface area contributed by atoms with Gasteiger partial charge >= 0.3 is 17.8 Å². The first-order valence-corrected chi connectivity index (χ1v) is 10.5. The monoisotopic (exact) mass is 511 g/mol. The maximum absolute atomic E-state index is 13.8. The molecule has 0 fully saturated rings. The highest BCUT2D eigenvalue weighted by Gasteiger charge is 2.15. The van der Waals surface area contributed by atoms with E-state index in [2.05, 4.69) is 31.8 Å². The molecular formula is C24H19BrFN3O4. The van der Waals surface area contributed by atoms with E-state index in [9.17, 15) is 18.8 Å². The van der Waals surface area contributed by atoms with E-state index >= 15 is 0 Å². The van der Waals surface area contributed by atoms with Gasteiger partial charge in [-0.05, 0) is 74.0 Å².